The van der Waals surface area contributed by atoms with Crippen LogP contribution in [0.15, 0.2) is 0 Å². The van der Waals surface area contributed by atoms with Crippen molar-refractivity contribution in [1.29, 1.82) is 0 Å². The summed E-state index contributed by atoms with van der Waals surface area (Å²) in [5, 5.41) is 3.17. The highest BCUT2D eigenvalue weighted by atomic mass is 32.2. The predicted molar refractivity (Wildman–Crippen MR) is 78.7 cm³/mol. The van der Waals surface area contributed by atoms with E-state index in [0.717, 1.165) is 38.8 Å². The first-order valence-electron chi connectivity index (χ1n) is 7.51. The molecule has 0 saturated carbocycles. The minimum atomic E-state index is -3.32. The lowest BCUT2D eigenvalue weighted by atomic mass is 9.98. The quantitative estimate of drug-likeness (QED) is 0.765. The highest BCUT2D eigenvalue weighted by Crippen LogP contribution is 2.21. The average Bonchev–Trinajstić information content (AvgIpc) is 2.92. The van der Waals surface area contributed by atoms with E-state index in [9.17, 15) is 8.42 Å². The van der Waals surface area contributed by atoms with E-state index in [4.69, 9.17) is 4.74 Å². The van der Waals surface area contributed by atoms with Gasteiger partial charge < -0.3 is 10.1 Å². The SMILES string of the molecule is CNCC1CCN(S(=O)(=O)N(C)CC2CCCO2)CC1. The van der Waals surface area contributed by atoms with Gasteiger partial charge in [-0.25, -0.2) is 0 Å². The molecule has 0 aromatic rings. The number of ether oxygens (including phenoxy) is 1. The molecule has 0 aliphatic carbocycles. The first-order valence-corrected chi connectivity index (χ1v) is 8.91. The highest BCUT2D eigenvalue weighted by molar-refractivity contribution is 7.86. The Kier molecular flexibility index (Phi) is 5.80. The average molecular weight is 305 g/mol. The zero-order valence-corrected chi connectivity index (χ0v) is 13.4. The maximum Gasteiger partial charge on any atom is 0.281 e. The molecule has 0 bridgehead atoms. The number of hydrogen-bond acceptors (Lipinski definition) is 4. The summed E-state index contributed by atoms with van der Waals surface area (Å²) in [6.07, 6.45) is 3.94. The predicted octanol–water partition coefficient (Wildman–Crippen LogP) is 0.273. The van der Waals surface area contributed by atoms with E-state index in [1.807, 2.05) is 7.05 Å². The molecule has 7 heteroatoms. The number of hydrogen-bond donors (Lipinski definition) is 1. The molecule has 0 amide bonds. The largest absolute Gasteiger partial charge is 0.377 e. The highest BCUT2D eigenvalue weighted by Gasteiger charge is 2.32. The lowest BCUT2D eigenvalue weighted by Gasteiger charge is -2.34. The second kappa shape index (κ2) is 7.17. The lowest BCUT2D eigenvalue weighted by molar-refractivity contribution is 0.0960. The summed E-state index contributed by atoms with van der Waals surface area (Å²) in [5.41, 5.74) is 0. The maximum atomic E-state index is 12.5. The third-order valence-corrected chi connectivity index (χ3v) is 6.23. The van der Waals surface area contributed by atoms with Crippen LogP contribution < -0.4 is 5.32 Å². The Morgan fingerprint density at radius 3 is 2.55 bits per heavy atom. The van der Waals surface area contributed by atoms with E-state index in [0.29, 0.717) is 25.6 Å². The van der Waals surface area contributed by atoms with Crippen LogP contribution in [-0.2, 0) is 14.9 Å². The van der Waals surface area contributed by atoms with Crippen molar-refractivity contribution in [2.45, 2.75) is 31.8 Å². The summed E-state index contributed by atoms with van der Waals surface area (Å²) in [5.74, 6) is 0.593. The number of likely N-dealkylation sites (N-methyl/N-ethyl adjacent to an activating group) is 1. The van der Waals surface area contributed by atoms with Crippen molar-refractivity contribution >= 4 is 10.2 Å². The van der Waals surface area contributed by atoms with Crippen molar-refractivity contribution in [2.75, 3.05) is 46.9 Å². The van der Waals surface area contributed by atoms with Gasteiger partial charge in [-0.2, -0.15) is 17.0 Å². The Bertz CT molecular complexity index is 388. The fourth-order valence-corrected chi connectivity index (χ4v) is 4.42. The van der Waals surface area contributed by atoms with Gasteiger partial charge >= 0.3 is 0 Å². The van der Waals surface area contributed by atoms with E-state index in [1.54, 1.807) is 11.4 Å². The van der Waals surface area contributed by atoms with Crippen LogP contribution in [-0.4, -0.2) is 70.0 Å². The second-order valence-electron chi connectivity index (χ2n) is 5.82. The van der Waals surface area contributed by atoms with Gasteiger partial charge in [-0.15, -0.1) is 0 Å². The molecule has 0 aromatic carbocycles. The van der Waals surface area contributed by atoms with Gasteiger partial charge in [0.15, 0.2) is 0 Å². The van der Waals surface area contributed by atoms with E-state index in [-0.39, 0.29) is 6.10 Å². The normalized spacial score (nSPS) is 26.4. The minimum absolute atomic E-state index is 0.0663. The maximum absolute atomic E-state index is 12.5. The zero-order chi connectivity index (χ0) is 14.6. The number of nitrogens with one attached hydrogen (secondary N) is 1. The standard InChI is InChI=1S/C13H27N3O3S/c1-14-10-12-5-7-16(8-6-12)20(17,18)15(2)11-13-4-3-9-19-13/h12-14H,3-11H2,1-2H3. The van der Waals surface area contributed by atoms with Gasteiger partial charge in [0.25, 0.3) is 10.2 Å². The molecule has 6 nitrogen and oxygen atoms in total. The van der Waals surface area contributed by atoms with Gasteiger partial charge in [-0.05, 0) is 45.2 Å². The number of piperidine rings is 1. The molecule has 2 aliphatic rings. The molecule has 2 heterocycles. The van der Waals surface area contributed by atoms with Crippen LogP contribution >= 0.6 is 0 Å². The molecule has 2 saturated heterocycles. The van der Waals surface area contributed by atoms with Crippen LogP contribution in [0.3, 0.4) is 0 Å². The number of nitrogens with zero attached hydrogens (tertiary/aromatic N) is 2. The zero-order valence-electron chi connectivity index (χ0n) is 12.5. The van der Waals surface area contributed by atoms with Gasteiger partial charge in [0, 0.05) is 33.3 Å². The molecule has 20 heavy (non-hydrogen) atoms. The molecule has 0 aromatic heterocycles. The van der Waals surface area contributed by atoms with Crippen molar-refractivity contribution in [1.82, 2.24) is 13.9 Å². The summed E-state index contributed by atoms with van der Waals surface area (Å²) >= 11 is 0. The monoisotopic (exact) mass is 305 g/mol. The molecule has 1 atom stereocenters. The summed E-state index contributed by atoms with van der Waals surface area (Å²) in [6.45, 7) is 3.46. The van der Waals surface area contributed by atoms with Crippen LogP contribution in [0, 0.1) is 5.92 Å². The van der Waals surface area contributed by atoms with Crippen molar-refractivity contribution in [3.8, 4) is 0 Å². The topological polar surface area (TPSA) is 61.9 Å². The first kappa shape index (κ1) is 16.2. The third-order valence-electron chi connectivity index (χ3n) is 4.27. The summed E-state index contributed by atoms with van der Waals surface area (Å²) in [6, 6.07) is 0. The van der Waals surface area contributed by atoms with Gasteiger partial charge in [-0.1, -0.05) is 0 Å². The van der Waals surface area contributed by atoms with Crippen molar-refractivity contribution in [3.05, 3.63) is 0 Å². The molecule has 2 fully saturated rings. The van der Waals surface area contributed by atoms with Crippen LogP contribution in [0.4, 0.5) is 0 Å². The fraction of sp³-hybridized carbons (Fsp3) is 1.00. The molecule has 1 unspecified atom stereocenters. The molecule has 1 N–H and O–H groups in total. The summed E-state index contributed by atoms with van der Waals surface area (Å²) in [4.78, 5) is 0. The fourth-order valence-electron chi connectivity index (χ4n) is 3.00. The Morgan fingerprint density at radius 1 is 1.30 bits per heavy atom. The second-order valence-corrected chi connectivity index (χ2v) is 7.86. The number of rotatable bonds is 6. The van der Waals surface area contributed by atoms with E-state index >= 15 is 0 Å². The molecular formula is C13H27N3O3S. The third kappa shape index (κ3) is 3.92. The van der Waals surface area contributed by atoms with Crippen molar-refractivity contribution in [2.24, 2.45) is 5.92 Å². The molecule has 2 aliphatic heterocycles. The molecule has 118 valence electrons. The molecule has 2 rings (SSSR count). The summed E-state index contributed by atoms with van der Waals surface area (Å²) < 4.78 is 33.6. The van der Waals surface area contributed by atoms with Gasteiger partial charge in [-0.3, -0.25) is 0 Å². The van der Waals surface area contributed by atoms with Crippen LogP contribution in [0.2, 0.25) is 0 Å². The first-order chi connectivity index (χ1) is 9.54. The minimum Gasteiger partial charge on any atom is -0.377 e. The Labute approximate surface area is 122 Å². The Morgan fingerprint density at radius 2 is 2.00 bits per heavy atom. The van der Waals surface area contributed by atoms with Gasteiger partial charge in [0.05, 0.1) is 6.10 Å². The molecule has 0 radical (unpaired) electrons. The smallest absolute Gasteiger partial charge is 0.281 e. The van der Waals surface area contributed by atoms with Crippen LogP contribution in [0.5, 0.6) is 0 Å². The Balaban J connectivity index is 1.86. The lowest BCUT2D eigenvalue weighted by Crippen LogP contribution is -2.48. The van der Waals surface area contributed by atoms with E-state index < -0.39 is 10.2 Å². The summed E-state index contributed by atoms with van der Waals surface area (Å²) in [7, 11) is 0.285. The van der Waals surface area contributed by atoms with Crippen molar-refractivity contribution in [3.63, 3.8) is 0 Å². The van der Waals surface area contributed by atoms with Gasteiger partial charge in [0.2, 0.25) is 0 Å². The van der Waals surface area contributed by atoms with E-state index in [2.05, 4.69) is 5.32 Å². The van der Waals surface area contributed by atoms with Crippen LogP contribution in [0.1, 0.15) is 25.7 Å². The van der Waals surface area contributed by atoms with E-state index in [1.165, 1.54) is 4.31 Å². The molecule has 0 spiro atoms. The van der Waals surface area contributed by atoms with Crippen molar-refractivity contribution < 1.29 is 13.2 Å². The molecular weight excluding hydrogens is 278 g/mol. The van der Waals surface area contributed by atoms with Crippen LogP contribution in [0.25, 0.3) is 0 Å². The van der Waals surface area contributed by atoms with Gasteiger partial charge in [0.1, 0.15) is 0 Å². The Hall–Kier alpha value is -0.210.